The average Bonchev–Trinajstić information content (AvgIpc) is 3.20. The minimum Gasteiger partial charge on any atom is -0.345 e. The molecule has 0 atom stereocenters. The van der Waals surface area contributed by atoms with Gasteiger partial charge in [-0.15, -0.1) is 5.10 Å². The summed E-state index contributed by atoms with van der Waals surface area (Å²) in [6, 6.07) is 25.1. The second kappa shape index (κ2) is 7.84. The molecular formula is C22H17FN4O. The van der Waals surface area contributed by atoms with E-state index in [1.165, 1.54) is 12.1 Å². The first kappa shape index (κ1) is 17.6. The Labute approximate surface area is 161 Å². The molecule has 0 aliphatic carbocycles. The van der Waals surface area contributed by atoms with E-state index in [2.05, 4.69) is 15.4 Å². The van der Waals surface area contributed by atoms with Crippen LogP contribution in [0.25, 0.3) is 17.1 Å². The summed E-state index contributed by atoms with van der Waals surface area (Å²) in [6.07, 6.45) is 0. The molecule has 4 rings (SSSR count). The van der Waals surface area contributed by atoms with E-state index in [1.807, 2.05) is 60.7 Å². The van der Waals surface area contributed by atoms with E-state index < -0.39 is 5.91 Å². The lowest BCUT2D eigenvalue weighted by molar-refractivity contribution is 0.0940. The fourth-order valence-electron chi connectivity index (χ4n) is 2.80. The molecule has 0 radical (unpaired) electrons. The van der Waals surface area contributed by atoms with E-state index in [9.17, 15) is 9.18 Å². The number of benzene rings is 3. The molecule has 4 aromatic rings. The van der Waals surface area contributed by atoms with Gasteiger partial charge < -0.3 is 5.32 Å². The van der Waals surface area contributed by atoms with Crippen molar-refractivity contribution in [3.63, 3.8) is 0 Å². The Kier molecular flexibility index (Phi) is 4.93. The van der Waals surface area contributed by atoms with Crippen molar-refractivity contribution in [2.45, 2.75) is 6.54 Å². The van der Waals surface area contributed by atoms with Gasteiger partial charge in [-0.2, -0.15) is 0 Å². The summed E-state index contributed by atoms with van der Waals surface area (Å²) >= 11 is 0. The van der Waals surface area contributed by atoms with Gasteiger partial charge in [0.15, 0.2) is 5.82 Å². The van der Waals surface area contributed by atoms with E-state index in [0.29, 0.717) is 5.82 Å². The van der Waals surface area contributed by atoms with Crippen LogP contribution in [0.3, 0.4) is 0 Å². The van der Waals surface area contributed by atoms with Crippen LogP contribution in [0.5, 0.6) is 0 Å². The molecule has 6 heteroatoms. The second-order valence-corrected chi connectivity index (χ2v) is 6.18. The summed E-state index contributed by atoms with van der Waals surface area (Å²) < 4.78 is 14.7. The van der Waals surface area contributed by atoms with Crippen molar-refractivity contribution in [1.29, 1.82) is 0 Å². The Morgan fingerprint density at radius 3 is 2.21 bits per heavy atom. The molecule has 5 nitrogen and oxygen atoms in total. The van der Waals surface area contributed by atoms with Crippen molar-refractivity contribution in [2.75, 3.05) is 0 Å². The maximum atomic E-state index is 13.0. The molecule has 0 bridgehead atoms. The minimum absolute atomic E-state index is 0.0739. The fraction of sp³-hybridized carbons (Fsp3) is 0.0455. The van der Waals surface area contributed by atoms with E-state index in [1.54, 1.807) is 16.8 Å². The molecule has 28 heavy (non-hydrogen) atoms. The monoisotopic (exact) mass is 372 g/mol. The topological polar surface area (TPSA) is 59.8 Å². The Balaban J connectivity index is 1.63. The van der Waals surface area contributed by atoms with Crippen LogP contribution in [0.15, 0.2) is 84.9 Å². The van der Waals surface area contributed by atoms with Crippen LogP contribution in [-0.2, 0) is 6.54 Å². The molecular weight excluding hydrogens is 355 g/mol. The molecule has 0 aliphatic heterocycles. The standard InChI is InChI=1S/C22H17FN4O/c23-18-13-11-16(12-14-18)15-24-22(28)20-25-21(17-7-3-1-4-8-17)27(26-20)19-9-5-2-6-10-19/h1-14H,15H2,(H,24,28). The number of aromatic nitrogens is 3. The van der Waals surface area contributed by atoms with Gasteiger partial charge in [0, 0.05) is 12.1 Å². The summed E-state index contributed by atoms with van der Waals surface area (Å²) in [5.74, 6) is -0.0504. The number of carbonyl (C=O) groups is 1. The Hall–Kier alpha value is -3.80. The molecule has 1 aromatic heterocycles. The number of halogens is 1. The largest absolute Gasteiger partial charge is 0.345 e. The lowest BCUT2D eigenvalue weighted by Crippen LogP contribution is -2.24. The lowest BCUT2D eigenvalue weighted by Gasteiger charge is -2.05. The van der Waals surface area contributed by atoms with Crippen molar-refractivity contribution >= 4 is 5.91 Å². The molecule has 1 heterocycles. The lowest BCUT2D eigenvalue weighted by atomic mass is 10.2. The molecule has 138 valence electrons. The van der Waals surface area contributed by atoms with Gasteiger partial charge >= 0.3 is 0 Å². The summed E-state index contributed by atoms with van der Waals surface area (Å²) in [5.41, 5.74) is 2.46. The number of hydrogen-bond donors (Lipinski definition) is 1. The number of carbonyl (C=O) groups excluding carboxylic acids is 1. The molecule has 0 unspecified atom stereocenters. The minimum atomic E-state index is -0.392. The van der Waals surface area contributed by atoms with Crippen molar-refractivity contribution in [1.82, 2.24) is 20.1 Å². The van der Waals surface area contributed by atoms with Gasteiger partial charge in [0.2, 0.25) is 5.82 Å². The molecule has 1 amide bonds. The number of hydrogen-bond acceptors (Lipinski definition) is 3. The van der Waals surface area contributed by atoms with Gasteiger partial charge in [0.05, 0.1) is 5.69 Å². The van der Waals surface area contributed by atoms with Crippen molar-refractivity contribution in [3.05, 3.63) is 102 Å². The maximum absolute atomic E-state index is 13.0. The van der Waals surface area contributed by atoms with Gasteiger partial charge in [-0.25, -0.2) is 14.1 Å². The van der Waals surface area contributed by atoms with Crippen LogP contribution in [0, 0.1) is 5.82 Å². The van der Waals surface area contributed by atoms with E-state index in [-0.39, 0.29) is 18.2 Å². The zero-order chi connectivity index (χ0) is 19.3. The summed E-state index contributed by atoms with van der Waals surface area (Å²) in [5, 5.41) is 7.20. The quantitative estimate of drug-likeness (QED) is 0.576. The third kappa shape index (κ3) is 3.81. The van der Waals surface area contributed by atoms with Gasteiger partial charge in [0.25, 0.3) is 5.91 Å². The predicted molar refractivity (Wildman–Crippen MR) is 104 cm³/mol. The van der Waals surface area contributed by atoms with Gasteiger partial charge in [0.1, 0.15) is 5.82 Å². The van der Waals surface area contributed by atoms with E-state index in [4.69, 9.17) is 0 Å². The summed E-state index contributed by atoms with van der Waals surface area (Å²) in [7, 11) is 0. The van der Waals surface area contributed by atoms with Gasteiger partial charge in [-0.05, 0) is 29.8 Å². The van der Waals surface area contributed by atoms with Crippen LogP contribution in [0.2, 0.25) is 0 Å². The molecule has 3 aromatic carbocycles. The molecule has 0 spiro atoms. The Morgan fingerprint density at radius 2 is 1.54 bits per heavy atom. The number of amides is 1. The first-order valence-corrected chi connectivity index (χ1v) is 8.81. The number of para-hydroxylation sites is 1. The zero-order valence-electron chi connectivity index (χ0n) is 14.9. The zero-order valence-corrected chi connectivity index (χ0v) is 14.9. The highest BCUT2D eigenvalue weighted by molar-refractivity contribution is 5.91. The van der Waals surface area contributed by atoms with Crippen LogP contribution in [0.1, 0.15) is 16.2 Å². The maximum Gasteiger partial charge on any atom is 0.291 e. The molecule has 0 saturated heterocycles. The van der Waals surface area contributed by atoms with Gasteiger partial charge in [-0.1, -0.05) is 60.7 Å². The fourth-order valence-corrected chi connectivity index (χ4v) is 2.80. The predicted octanol–water partition coefficient (Wildman–Crippen LogP) is 4.00. The van der Waals surface area contributed by atoms with Crippen LogP contribution in [0.4, 0.5) is 4.39 Å². The molecule has 0 saturated carbocycles. The van der Waals surface area contributed by atoms with E-state index >= 15 is 0 Å². The Morgan fingerprint density at radius 1 is 0.893 bits per heavy atom. The van der Waals surface area contributed by atoms with Crippen molar-refractivity contribution < 1.29 is 9.18 Å². The van der Waals surface area contributed by atoms with Crippen LogP contribution in [-0.4, -0.2) is 20.7 Å². The third-order valence-electron chi connectivity index (χ3n) is 4.21. The average molecular weight is 372 g/mol. The highest BCUT2D eigenvalue weighted by Crippen LogP contribution is 2.21. The molecule has 1 N–H and O–H groups in total. The number of rotatable bonds is 5. The third-order valence-corrected chi connectivity index (χ3v) is 4.21. The highest BCUT2D eigenvalue weighted by atomic mass is 19.1. The SMILES string of the molecule is O=C(NCc1ccc(F)cc1)c1nc(-c2ccccc2)n(-c2ccccc2)n1. The van der Waals surface area contributed by atoms with Crippen molar-refractivity contribution in [3.8, 4) is 17.1 Å². The summed E-state index contributed by atoms with van der Waals surface area (Å²) in [4.78, 5) is 17.1. The highest BCUT2D eigenvalue weighted by Gasteiger charge is 2.18. The number of nitrogens with zero attached hydrogens (tertiary/aromatic N) is 3. The van der Waals surface area contributed by atoms with E-state index in [0.717, 1.165) is 16.8 Å². The molecule has 0 aliphatic rings. The first-order valence-electron chi connectivity index (χ1n) is 8.81. The van der Waals surface area contributed by atoms with Crippen LogP contribution >= 0.6 is 0 Å². The number of nitrogens with one attached hydrogen (secondary N) is 1. The summed E-state index contributed by atoms with van der Waals surface area (Å²) in [6.45, 7) is 0.264. The Bertz CT molecular complexity index is 1020. The molecule has 0 fully saturated rings. The van der Waals surface area contributed by atoms with Gasteiger partial charge in [-0.3, -0.25) is 4.79 Å². The smallest absolute Gasteiger partial charge is 0.291 e. The first-order chi connectivity index (χ1) is 13.7. The van der Waals surface area contributed by atoms with Crippen LogP contribution < -0.4 is 5.32 Å². The normalized spacial score (nSPS) is 10.6. The van der Waals surface area contributed by atoms with Crippen molar-refractivity contribution in [2.24, 2.45) is 0 Å². The second-order valence-electron chi connectivity index (χ2n) is 6.18.